The molecule has 8 heteroatoms. The predicted octanol–water partition coefficient (Wildman–Crippen LogP) is 7.08. The summed E-state index contributed by atoms with van der Waals surface area (Å²) in [6.07, 6.45) is 3.53. The van der Waals surface area contributed by atoms with Crippen LogP contribution in [-0.4, -0.2) is 46.1 Å². The molecule has 2 N–H and O–H groups in total. The number of methoxy groups -OCH3 is 2. The number of carbonyl (C=O) groups excluding carboxylic acids is 2. The number of ether oxygens (including phenoxy) is 2. The highest BCUT2D eigenvalue weighted by atomic mass is 16.5. The fourth-order valence-corrected chi connectivity index (χ4v) is 6.21. The van der Waals surface area contributed by atoms with Crippen LogP contribution in [0.15, 0.2) is 30.8 Å². The highest BCUT2D eigenvalue weighted by Gasteiger charge is 2.31. The van der Waals surface area contributed by atoms with Gasteiger partial charge in [-0.15, -0.1) is 0 Å². The van der Waals surface area contributed by atoms with Gasteiger partial charge in [0.05, 0.1) is 31.2 Å². The van der Waals surface area contributed by atoms with Crippen molar-refractivity contribution in [1.29, 1.82) is 0 Å². The van der Waals surface area contributed by atoms with Crippen LogP contribution in [0.3, 0.4) is 0 Å². The minimum Gasteiger partial charge on any atom is -0.469 e. The number of carbonyl (C=O) groups is 2. The lowest BCUT2D eigenvalue weighted by Crippen LogP contribution is -2.08. The van der Waals surface area contributed by atoms with Crippen LogP contribution >= 0.6 is 0 Å². The van der Waals surface area contributed by atoms with Gasteiger partial charge in [0.2, 0.25) is 0 Å². The van der Waals surface area contributed by atoms with Crippen LogP contribution < -0.4 is 0 Å². The van der Waals surface area contributed by atoms with Crippen LogP contribution in [0, 0.1) is 13.8 Å². The maximum absolute atomic E-state index is 13.0. The van der Waals surface area contributed by atoms with E-state index in [0.717, 1.165) is 62.1 Å². The highest BCUT2D eigenvalue weighted by molar-refractivity contribution is 6.24. The van der Waals surface area contributed by atoms with Gasteiger partial charge in [0, 0.05) is 57.3 Å². The largest absolute Gasteiger partial charge is 0.469 e. The summed E-state index contributed by atoms with van der Waals surface area (Å²) in [6.45, 7) is 14.4. The van der Waals surface area contributed by atoms with Crippen molar-refractivity contribution in [2.45, 2.75) is 65.7 Å². The van der Waals surface area contributed by atoms with Gasteiger partial charge in [-0.2, -0.15) is 0 Å². The monoisotopic (exact) mass is 566 g/mol. The minimum absolute atomic E-state index is 0.0162. The van der Waals surface area contributed by atoms with E-state index in [1.54, 1.807) is 0 Å². The smallest absolute Gasteiger partial charge is 0.340 e. The van der Waals surface area contributed by atoms with Gasteiger partial charge in [-0.05, 0) is 80.1 Å². The van der Waals surface area contributed by atoms with Crippen molar-refractivity contribution >= 4 is 51.2 Å². The van der Waals surface area contributed by atoms with Gasteiger partial charge < -0.3 is 19.4 Å². The van der Waals surface area contributed by atoms with E-state index in [-0.39, 0.29) is 24.2 Å². The summed E-state index contributed by atoms with van der Waals surface area (Å²) in [6, 6.07) is 8.09. The molecule has 0 amide bonds. The Morgan fingerprint density at radius 2 is 1.62 bits per heavy atom. The van der Waals surface area contributed by atoms with Crippen molar-refractivity contribution in [3.05, 3.63) is 75.9 Å². The second-order valence-corrected chi connectivity index (χ2v) is 11.0. The molecular formula is C34H38N4O4. The molecule has 2 aliphatic heterocycles. The van der Waals surface area contributed by atoms with Gasteiger partial charge >= 0.3 is 11.9 Å². The van der Waals surface area contributed by atoms with E-state index < -0.39 is 5.97 Å². The number of allylic oxidation sites excluding steroid dienone is 1. The number of H-pyrrole nitrogens is 2. The zero-order valence-electron chi connectivity index (χ0n) is 25.4. The van der Waals surface area contributed by atoms with E-state index in [1.807, 2.05) is 25.1 Å². The maximum atomic E-state index is 13.0. The van der Waals surface area contributed by atoms with Crippen LogP contribution in [0.1, 0.15) is 90.5 Å². The number of esters is 2. The van der Waals surface area contributed by atoms with Gasteiger partial charge in [0.1, 0.15) is 0 Å². The van der Waals surface area contributed by atoms with E-state index in [9.17, 15) is 9.59 Å². The number of aromatic amines is 2. The molecule has 5 heterocycles. The molecule has 42 heavy (non-hydrogen) atoms. The highest BCUT2D eigenvalue weighted by Crippen LogP contribution is 2.41. The summed E-state index contributed by atoms with van der Waals surface area (Å²) < 4.78 is 10.1. The lowest BCUT2D eigenvalue weighted by atomic mass is 9.87. The molecule has 3 aromatic heterocycles. The third kappa shape index (κ3) is 4.95. The number of aromatic nitrogens is 4. The Balaban J connectivity index is 1.91. The molecule has 0 spiro atoms. The standard InChI is InChI=1S/C34H38N4O4/c1-9-21-17(3)24-13-25-19(5)23(11-12-32(39)41-7)30(37-25)16-31-33(34(40)42-8)20(6)27(38-31)15-29-22(10-2)18(4)26(36-29)14-28(21)35-24/h9,13-16,19,23,35-36H,1,10-12H2,2-8H3. The Morgan fingerprint density at radius 1 is 0.905 bits per heavy atom. The average molecular weight is 567 g/mol. The summed E-state index contributed by atoms with van der Waals surface area (Å²) in [4.78, 5) is 42.3. The Hall–Kier alpha value is -4.46. The van der Waals surface area contributed by atoms with E-state index in [0.29, 0.717) is 23.4 Å². The quantitative estimate of drug-likeness (QED) is 0.309. The van der Waals surface area contributed by atoms with Gasteiger partial charge in [-0.25, -0.2) is 9.78 Å². The number of aryl methyl sites for hydroxylation is 3. The van der Waals surface area contributed by atoms with Crippen LogP contribution in [0.5, 0.6) is 0 Å². The van der Waals surface area contributed by atoms with Crippen molar-refractivity contribution in [2.75, 3.05) is 14.2 Å². The van der Waals surface area contributed by atoms with E-state index >= 15 is 0 Å². The molecule has 2 atom stereocenters. The SMILES string of the molecule is C=Cc1c(C)c2cc3nc(cc4nc(cc5[nH]c(cc1[nH]2)c(C)c5CC)C(C)=C4C(=O)OC)C(CCC(=O)OC)C3C. The number of nitrogens with one attached hydrogen (secondary N) is 2. The van der Waals surface area contributed by atoms with Crippen molar-refractivity contribution in [1.82, 2.24) is 19.9 Å². The summed E-state index contributed by atoms with van der Waals surface area (Å²) in [5.41, 5.74) is 12.3. The van der Waals surface area contributed by atoms with E-state index in [2.05, 4.69) is 56.4 Å². The van der Waals surface area contributed by atoms with Crippen molar-refractivity contribution < 1.29 is 19.1 Å². The normalized spacial score (nSPS) is 16.5. The summed E-state index contributed by atoms with van der Waals surface area (Å²) in [5, 5.41) is 0. The molecule has 3 aromatic rings. The first-order valence-corrected chi connectivity index (χ1v) is 14.3. The second-order valence-electron chi connectivity index (χ2n) is 11.0. The molecule has 0 fully saturated rings. The second kappa shape index (κ2) is 11.4. The van der Waals surface area contributed by atoms with Crippen molar-refractivity contribution in [2.24, 2.45) is 0 Å². The number of rotatable bonds is 6. The molecule has 8 nitrogen and oxygen atoms in total. The number of fused-ring (bicyclic) bond motifs is 8. The van der Waals surface area contributed by atoms with E-state index in [1.165, 1.54) is 19.8 Å². The number of nitrogens with zero attached hydrogens (tertiary/aromatic N) is 2. The molecule has 8 bridgehead atoms. The minimum atomic E-state index is -0.448. The van der Waals surface area contributed by atoms with Crippen molar-refractivity contribution in [3.63, 3.8) is 0 Å². The zero-order chi connectivity index (χ0) is 30.3. The first-order chi connectivity index (χ1) is 20.1. The van der Waals surface area contributed by atoms with E-state index in [4.69, 9.17) is 19.4 Å². The molecule has 2 aliphatic rings. The summed E-state index contributed by atoms with van der Waals surface area (Å²) >= 11 is 0. The first kappa shape index (κ1) is 29.0. The zero-order valence-corrected chi connectivity index (χ0v) is 25.4. The topological polar surface area (TPSA) is 110 Å². The number of hydrogen-bond donors (Lipinski definition) is 2. The van der Waals surface area contributed by atoms with Gasteiger partial charge in [-0.1, -0.05) is 26.5 Å². The Morgan fingerprint density at radius 3 is 2.29 bits per heavy atom. The third-order valence-electron chi connectivity index (χ3n) is 8.76. The Kier molecular flexibility index (Phi) is 7.91. The predicted molar refractivity (Wildman–Crippen MR) is 167 cm³/mol. The molecule has 0 saturated carbocycles. The first-order valence-electron chi connectivity index (χ1n) is 14.3. The van der Waals surface area contributed by atoms with Gasteiger partial charge in [0.15, 0.2) is 0 Å². The van der Waals surface area contributed by atoms with Crippen LogP contribution in [0.25, 0.3) is 39.3 Å². The maximum Gasteiger partial charge on any atom is 0.340 e. The average Bonchev–Trinajstić information content (AvgIpc) is 3.64. The van der Waals surface area contributed by atoms with Crippen LogP contribution in [0.2, 0.25) is 0 Å². The molecule has 0 saturated heterocycles. The fraction of sp³-hybridized carbons (Fsp3) is 0.353. The summed E-state index contributed by atoms with van der Waals surface area (Å²) in [5.74, 6) is -0.769. The Bertz CT molecular complexity index is 1810. The molecule has 2 unspecified atom stereocenters. The molecule has 0 aliphatic carbocycles. The summed E-state index contributed by atoms with van der Waals surface area (Å²) in [7, 11) is 2.78. The van der Waals surface area contributed by atoms with Crippen LogP contribution in [0.4, 0.5) is 0 Å². The molecule has 5 rings (SSSR count). The van der Waals surface area contributed by atoms with Crippen molar-refractivity contribution in [3.8, 4) is 0 Å². The molecular weight excluding hydrogens is 528 g/mol. The third-order valence-corrected chi connectivity index (χ3v) is 8.76. The fourth-order valence-electron chi connectivity index (χ4n) is 6.21. The Labute approximate surface area is 245 Å². The number of hydrogen-bond acceptors (Lipinski definition) is 6. The molecule has 0 radical (unpaired) electrons. The lowest BCUT2D eigenvalue weighted by molar-refractivity contribution is -0.140. The van der Waals surface area contributed by atoms with Crippen LogP contribution in [-0.2, 0) is 25.5 Å². The lowest BCUT2D eigenvalue weighted by Gasteiger charge is -2.15. The molecule has 0 aromatic carbocycles. The van der Waals surface area contributed by atoms with Gasteiger partial charge in [0.25, 0.3) is 0 Å². The molecule has 218 valence electrons. The van der Waals surface area contributed by atoms with Gasteiger partial charge in [-0.3, -0.25) is 9.78 Å².